The fourth-order valence-corrected chi connectivity index (χ4v) is 9.46. The molecular formula is C24H39O7S-. The van der Waals surface area contributed by atoms with E-state index in [-0.39, 0.29) is 52.9 Å². The number of hydrogen-bond donors (Lipinski definition) is 2. The molecule has 10 atom stereocenters. The van der Waals surface area contributed by atoms with Gasteiger partial charge in [-0.25, -0.2) is 8.42 Å². The van der Waals surface area contributed by atoms with Gasteiger partial charge >= 0.3 is 5.97 Å². The maximum atomic E-state index is 11.7. The lowest BCUT2D eigenvalue weighted by atomic mass is 9.43. The largest absolute Gasteiger partial charge is 0.726 e. The maximum Gasteiger partial charge on any atom is 0.303 e. The topological polar surface area (TPSA) is 124 Å². The number of fused-ring (bicyclic) bond motifs is 5. The highest BCUT2D eigenvalue weighted by molar-refractivity contribution is 7.80. The van der Waals surface area contributed by atoms with Gasteiger partial charge in [-0.2, -0.15) is 0 Å². The number of hydrogen-bond acceptors (Lipinski definition) is 6. The standard InChI is InChI=1S/C24H40O7S/c1-14(4-7-21(26)27)17-5-6-18-22-19(9-11-24(17,18)3)23(2)10-8-16(25)12-15(23)13-20(22)31-32(28,29)30/h14-20,22,25H,4-13H2,1-3H3,(H,26,27)(H,28,29,30)/p-1/t14-,15+,16-,17-,18+,19+,20-,22+,23+,24-/m1/s1. The Hall–Kier alpha value is -0.700. The van der Waals surface area contributed by atoms with Crippen LogP contribution in [0.1, 0.15) is 85.0 Å². The molecule has 4 fully saturated rings. The zero-order chi connectivity index (χ0) is 23.5. The first kappa shape index (κ1) is 24.4. The molecule has 0 bridgehead atoms. The maximum absolute atomic E-state index is 11.7. The number of carboxylic acid groups (broad SMARTS) is 1. The first-order chi connectivity index (χ1) is 14.8. The van der Waals surface area contributed by atoms with Crippen molar-refractivity contribution in [1.82, 2.24) is 0 Å². The second kappa shape index (κ2) is 8.51. The van der Waals surface area contributed by atoms with Gasteiger partial charge < -0.3 is 14.8 Å². The third kappa shape index (κ3) is 4.25. The molecule has 0 aromatic rings. The SMILES string of the molecule is C[C@H](CCC(=O)O)[C@H]1CC[C@H]2[C@@H]3[C@H](OS(=O)(=O)[O-])C[C@@H]4C[C@H](O)CC[C@]4(C)[C@H]3CC[C@]12C. The fraction of sp³-hybridized carbons (Fsp3) is 0.958. The highest BCUT2D eigenvalue weighted by Crippen LogP contribution is 2.68. The van der Waals surface area contributed by atoms with Crippen molar-refractivity contribution in [3.05, 3.63) is 0 Å². The molecule has 0 saturated heterocycles. The van der Waals surface area contributed by atoms with Crippen molar-refractivity contribution in [2.75, 3.05) is 0 Å². The van der Waals surface area contributed by atoms with Crippen molar-refractivity contribution >= 4 is 16.4 Å². The lowest BCUT2D eigenvalue weighted by Gasteiger charge is -2.63. The molecule has 8 heteroatoms. The van der Waals surface area contributed by atoms with E-state index in [1.165, 1.54) is 0 Å². The van der Waals surface area contributed by atoms with Gasteiger partial charge in [-0.15, -0.1) is 0 Å². The van der Waals surface area contributed by atoms with Gasteiger partial charge in [-0.05, 0) is 104 Å². The first-order valence-electron chi connectivity index (χ1n) is 12.4. The molecule has 0 aromatic carbocycles. The number of carboxylic acids is 1. The van der Waals surface area contributed by atoms with E-state index in [9.17, 15) is 22.9 Å². The average Bonchev–Trinajstić information content (AvgIpc) is 3.03. The van der Waals surface area contributed by atoms with E-state index >= 15 is 0 Å². The predicted octanol–water partition coefficient (Wildman–Crippen LogP) is 3.96. The molecule has 0 radical (unpaired) electrons. The van der Waals surface area contributed by atoms with Crippen LogP contribution in [-0.2, 0) is 19.4 Å². The van der Waals surface area contributed by atoms with Gasteiger partial charge in [-0.3, -0.25) is 8.98 Å². The molecule has 0 amide bonds. The van der Waals surface area contributed by atoms with Crippen LogP contribution in [0.5, 0.6) is 0 Å². The van der Waals surface area contributed by atoms with Crippen LogP contribution in [0.25, 0.3) is 0 Å². The summed E-state index contributed by atoms with van der Waals surface area (Å²) in [6.07, 6.45) is 6.72. The Labute approximate surface area is 192 Å². The fourth-order valence-electron chi connectivity index (χ4n) is 8.95. The van der Waals surface area contributed by atoms with E-state index in [0.717, 1.165) is 38.5 Å². The highest BCUT2D eigenvalue weighted by atomic mass is 32.3. The molecule has 0 aliphatic heterocycles. The zero-order valence-electron chi connectivity index (χ0n) is 19.5. The molecule has 4 aliphatic carbocycles. The van der Waals surface area contributed by atoms with Gasteiger partial charge in [0.05, 0.1) is 12.2 Å². The van der Waals surface area contributed by atoms with Crippen LogP contribution in [0, 0.1) is 46.3 Å². The summed E-state index contributed by atoms with van der Waals surface area (Å²) in [4.78, 5) is 11.1. The van der Waals surface area contributed by atoms with Gasteiger partial charge in [-0.1, -0.05) is 20.8 Å². The van der Waals surface area contributed by atoms with E-state index in [2.05, 4.69) is 20.8 Å². The minimum atomic E-state index is -4.82. The minimum absolute atomic E-state index is 0.00468. The van der Waals surface area contributed by atoms with Crippen molar-refractivity contribution in [1.29, 1.82) is 0 Å². The molecule has 4 aliphatic rings. The molecular weight excluding hydrogens is 432 g/mol. The molecule has 32 heavy (non-hydrogen) atoms. The van der Waals surface area contributed by atoms with Gasteiger partial charge in [0.2, 0.25) is 10.4 Å². The van der Waals surface area contributed by atoms with E-state index in [1.54, 1.807) is 0 Å². The van der Waals surface area contributed by atoms with Crippen molar-refractivity contribution in [2.24, 2.45) is 46.3 Å². The molecule has 0 spiro atoms. The van der Waals surface area contributed by atoms with E-state index in [4.69, 9.17) is 9.29 Å². The summed E-state index contributed by atoms with van der Waals surface area (Å²) >= 11 is 0. The Morgan fingerprint density at radius 2 is 1.75 bits per heavy atom. The molecule has 0 heterocycles. The third-order valence-electron chi connectivity index (χ3n) is 10.4. The van der Waals surface area contributed by atoms with Crippen LogP contribution < -0.4 is 0 Å². The molecule has 4 saturated carbocycles. The molecule has 0 unspecified atom stereocenters. The summed E-state index contributed by atoms with van der Waals surface area (Å²) in [5.74, 6) is 0.663. The van der Waals surface area contributed by atoms with Gasteiger partial charge in [0.25, 0.3) is 0 Å². The summed E-state index contributed by atoms with van der Waals surface area (Å²) in [5.41, 5.74) is 0.0372. The van der Waals surface area contributed by atoms with E-state index < -0.39 is 22.5 Å². The monoisotopic (exact) mass is 471 g/mol. The summed E-state index contributed by atoms with van der Waals surface area (Å²) < 4.78 is 40.3. The molecule has 2 N–H and O–H groups in total. The predicted molar refractivity (Wildman–Crippen MR) is 117 cm³/mol. The van der Waals surface area contributed by atoms with Crippen LogP contribution >= 0.6 is 0 Å². The van der Waals surface area contributed by atoms with Crippen molar-refractivity contribution in [2.45, 2.75) is 97.2 Å². The van der Waals surface area contributed by atoms with E-state index in [0.29, 0.717) is 25.2 Å². The Morgan fingerprint density at radius 1 is 1.09 bits per heavy atom. The van der Waals surface area contributed by atoms with Crippen LogP contribution in [0.3, 0.4) is 0 Å². The van der Waals surface area contributed by atoms with Crippen molar-refractivity contribution in [3.8, 4) is 0 Å². The number of aliphatic hydroxyl groups is 1. The normalized spacial score (nSPS) is 47.2. The van der Waals surface area contributed by atoms with Crippen LogP contribution in [-0.4, -0.2) is 41.4 Å². The molecule has 4 rings (SSSR count). The van der Waals surface area contributed by atoms with Crippen LogP contribution in [0.4, 0.5) is 0 Å². The van der Waals surface area contributed by atoms with Crippen molar-refractivity contribution < 1.29 is 32.2 Å². The Morgan fingerprint density at radius 3 is 2.41 bits per heavy atom. The summed E-state index contributed by atoms with van der Waals surface area (Å²) in [7, 11) is -4.82. The number of rotatable bonds is 6. The van der Waals surface area contributed by atoms with Crippen LogP contribution in [0.15, 0.2) is 0 Å². The Kier molecular flexibility index (Phi) is 6.49. The Bertz CT molecular complexity index is 828. The van der Waals surface area contributed by atoms with Gasteiger partial charge in [0, 0.05) is 6.42 Å². The number of aliphatic carboxylic acids is 1. The second-order valence-corrected chi connectivity index (χ2v) is 12.8. The Balaban J connectivity index is 1.64. The first-order valence-corrected chi connectivity index (χ1v) is 13.7. The summed E-state index contributed by atoms with van der Waals surface area (Å²) in [6, 6.07) is 0. The molecule has 7 nitrogen and oxygen atoms in total. The zero-order valence-corrected chi connectivity index (χ0v) is 20.4. The minimum Gasteiger partial charge on any atom is -0.726 e. The quantitative estimate of drug-likeness (QED) is 0.444. The molecule has 0 aromatic heterocycles. The summed E-state index contributed by atoms with van der Waals surface area (Å²) in [6.45, 7) is 6.78. The number of carbonyl (C=O) groups is 1. The van der Waals surface area contributed by atoms with Gasteiger partial charge in [0.1, 0.15) is 0 Å². The number of aliphatic hydroxyl groups excluding tert-OH is 1. The third-order valence-corrected chi connectivity index (χ3v) is 10.9. The molecule has 184 valence electrons. The summed E-state index contributed by atoms with van der Waals surface area (Å²) in [5, 5.41) is 19.4. The van der Waals surface area contributed by atoms with Crippen molar-refractivity contribution in [3.63, 3.8) is 0 Å². The second-order valence-electron chi connectivity index (χ2n) is 11.8. The van der Waals surface area contributed by atoms with Crippen LogP contribution in [0.2, 0.25) is 0 Å². The lowest BCUT2D eigenvalue weighted by Crippen LogP contribution is -2.59. The highest BCUT2D eigenvalue weighted by Gasteiger charge is 2.63. The van der Waals surface area contributed by atoms with E-state index in [1.807, 2.05) is 0 Å². The van der Waals surface area contributed by atoms with Gasteiger partial charge in [0.15, 0.2) is 0 Å². The lowest BCUT2D eigenvalue weighted by molar-refractivity contribution is -0.168. The smallest absolute Gasteiger partial charge is 0.303 e. The average molecular weight is 472 g/mol.